The molecule has 0 aliphatic carbocycles. The summed E-state index contributed by atoms with van der Waals surface area (Å²) in [4.78, 5) is 8.83. The Balaban J connectivity index is 1.16. The standard InChI is InChI=1S/C27H14ClF3N2O3S2/c28-17-6-10-21-23(13-17)37-26(32-21)35-19-3-1-2-16(12-19)15-4-7-18(8-5-15)34-25-33-22-11-9-20(14-24(22)38-25)36-27(29,30)31/h1-14H. The van der Waals surface area contributed by atoms with E-state index in [9.17, 15) is 13.2 Å². The molecule has 4 aromatic carbocycles. The average molecular weight is 571 g/mol. The van der Waals surface area contributed by atoms with Gasteiger partial charge in [0.2, 0.25) is 0 Å². The molecule has 2 aromatic heterocycles. The molecule has 0 atom stereocenters. The lowest BCUT2D eigenvalue weighted by Gasteiger charge is -2.07. The third-order valence-corrected chi connectivity index (χ3v) is 7.36. The maximum absolute atomic E-state index is 12.5. The molecule has 5 nitrogen and oxygen atoms in total. The van der Waals surface area contributed by atoms with E-state index >= 15 is 0 Å². The van der Waals surface area contributed by atoms with Gasteiger partial charge in [-0.15, -0.1) is 13.2 Å². The van der Waals surface area contributed by atoms with E-state index in [1.807, 2.05) is 48.5 Å². The summed E-state index contributed by atoms with van der Waals surface area (Å²) in [5.74, 6) is 0.889. The number of halogens is 4. The summed E-state index contributed by atoms with van der Waals surface area (Å²) in [7, 11) is 0. The molecule has 0 spiro atoms. The highest BCUT2D eigenvalue weighted by molar-refractivity contribution is 7.20. The Hall–Kier alpha value is -3.86. The van der Waals surface area contributed by atoms with E-state index in [0.717, 1.165) is 32.7 Å². The SMILES string of the molecule is FC(F)(F)Oc1ccc2nc(Oc3ccc(-c4cccc(Oc5nc6ccc(Cl)cc6s5)c4)cc3)sc2c1. The van der Waals surface area contributed by atoms with Crippen LogP contribution < -0.4 is 14.2 Å². The van der Waals surface area contributed by atoms with Crippen LogP contribution in [0.1, 0.15) is 0 Å². The minimum absolute atomic E-state index is 0.303. The fraction of sp³-hybridized carbons (Fsp3) is 0.0370. The number of rotatable bonds is 6. The van der Waals surface area contributed by atoms with Gasteiger partial charge in [-0.25, -0.2) is 9.97 Å². The van der Waals surface area contributed by atoms with Crippen molar-refractivity contribution in [1.82, 2.24) is 9.97 Å². The van der Waals surface area contributed by atoms with E-state index in [1.165, 1.54) is 29.5 Å². The predicted molar refractivity (Wildman–Crippen MR) is 143 cm³/mol. The number of benzene rings is 4. The van der Waals surface area contributed by atoms with Gasteiger partial charge in [0.25, 0.3) is 10.4 Å². The zero-order valence-corrected chi connectivity index (χ0v) is 21.4. The van der Waals surface area contributed by atoms with Gasteiger partial charge in [-0.1, -0.05) is 58.5 Å². The van der Waals surface area contributed by atoms with Gasteiger partial charge < -0.3 is 14.2 Å². The quantitative estimate of drug-likeness (QED) is 0.199. The summed E-state index contributed by atoms with van der Waals surface area (Å²) in [6, 6.07) is 24.5. The molecule has 0 aliphatic heterocycles. The van der Waals surface area contributed by atoms with Gasteiger partial charge in [0.05, 0.1) is 20.4 Å². The zero-order valence-electron chi connectivity index (χ0n) is 19.0. The van der Waals surface area contributed by atoms with E-state index in [-0.39, 0.29) is 5.75 Å². The first-order valence-electron chi connectivity index (χ1n) is 11.1. The van der Waals surface area contributed by atoms with Gasteiger partial charge in [-0.2, -0.15) is 0 Å². The second-order valence-corrected chi connectivity index (χ2v) is 10.4. The van der Waals surface area contributed by atoms with E-state index in [0.29, 0.717) is 37.1 Å². The molecule has 0 N–H and O–H groups in total. The van der Waals surface area contributed by atoms with Crippen molar-refractivity contribution in [3.05, 3.63) is 90.0 Å². The van der Waals surface area contributed by atoms with Crippen molar-refractivity contribution in [3.8, 4) is 38.8 Å². The summed E-state index contributed by atoms with van der Waals surface area (Å²) in [6.45, 7) is 0. The van der Waals surface area contributed by atoms with Gasteiger partial charge in [0, 0.05) is 11.1 Å². The molecule has 11 heteroatoms. The van der Waals surface area contributed by atoms with Crippen molar-refractivity contribution >= 4 is 54.7 Å². The Morgan fingerprint density at radius 3 is 1.97 bits per heavy atom. The van der Waals surface area contributed by atoms with Crippen LogP contribution in [0.5, 0.6) is 27.6 Å². The van der Waals surface area contributed by atoms with Crippen molar-refractivity contribution in [1.29, 1.82) is 0 Å². The minimum atomic E-state index is -4.75. The zero-order chi connectivity index (χ0) is 26.3. The normalized spacial score (nSPS) is 11.7. The number of ether oxygens (including phenoxy) is 3. The number of thiazole rings is 2. The van der Waals surface area contributed by atoms with Crippen LogP contribution >= 0.6 is 34.3 Å². The van der Waals surface area contributed by atoms with E-state index in [2.05, 4.69) is 14.7 Å². The maximum Gasteiger partial charge on any atom is 0.573 e. The second kappa shape index (κ2) is 9.79. The summed E-state index contributed by atoms with van der Waals surface area (Å²) >= 11 is 8.61. The molecule has 0 bridgehead atoms. The van der Waals surface area contributed by atoms with Crippen LogP contribution in [-0.4, -0.2) is 16.3 Å². The lowest BCUT2D eigenvalue weighted by Crippen LogP contribution is -2.16. The summed E-state index contributed by atoms with van der Waals surface area (Å²) in [5, 5.41) is 1.48. The minimum Gasteiger partial charge on any atom is -0.431 e. The van der Waals surface area contributed by atoms with Crippen LogP contribution in [0.3, 0.4) is 0 Å². The van der Waals surface area contributed by atoms with Crippen molar-refractivity contribution in [2.45, 2.75) is 6.36 Å². The van der Waals surface area contributed by atoms with Crippen molar-refractivity contribution in [2.24, 2.45) is 0 Å². The molecule has 0 unspecified atom stereocenters. The Kier molecular flexibility index (Phi) is 6.30. The van der Waals surface area contributed by atoms with Crippen LogP contribution in [0.15, 0.2) is 84.9 Å². The van der Waals surface area contributed by atoms with Crippen molar-refractivity contribution in [3.63, 3.8) is 0 Å². The van der Waals surface area contributed by atoms with Crippen molar-refractivity contribution < 1.29 is 27.4 Å². The lowest BCUT2D eigenvalue weighted by molar-refractivity contribution is -0.274. The molecule has 38 heavy (non-hydrogen) atoms. The van der Waals surface area contributed by atoms with Crippen molar-refractivity contribution in [2.75, 3.05) is 0 Å². The summed E-state index contributed by atoms with van der Waals surface area (Å²) in [5.41, 5.74) is 3.22. The van der Waals surface area contributed by atoms with E-state index in [4.69, 9.17) is 21.1 Å². The van der Waals surface area contributed by atoms with Crippen LogP contribution in [0.25, 0.3) is 31.6 Å². The average Bonchev–Trinajstić information content (AvgIpc) is 3.45. The smallest absolute Gasteiger partial charge is 0.431 e. The fourth-order valence-electron chi connectivity index (χ4n) is 3.70. The lowest BCUT2D eigenvalue weighted by atomic mass is 10.1. The molecule has 6 aromatic rings. The first-order valence-corrected chi connectivity index (χ1v) is 13.1. The molecule has 0 amide bonds. The molecule has 6 rings (SSSR count). The highest BCUT2D eigenvalue weighted by Crippen LogP contribution is 2.37. The molecule has 0 radical (unpaired) electrons. The Morgan fingerprint density at radius 1 is 0.632 bits per heavy atom. The predicted octanol–water partition coefficient (Wildman–Crippen LogP) is 9.71. The Bertz CT molecular complexity index is 1770. The van der Waals surface area contributed by atoms with Gasteiger partial charge in [-0.3, -0.25) is 0 Å². The van der Waals surface area contributed by atoms with Gasteiger partial charge in [-0.05, 0) is 65.7 Å². The third-order valence-electron chi connectivity index (χ3n) is 5.34. The molecular formula is C27H14ClF3N2O3S2. The van der Waals surface area contributed by atoms with Gasteiger partial charge in [0.1, 0.15) is 17.2 Å². The third kappa shape index (κ3) is 5.52. The molecular weight excluding hydrogens is 557 g/mol. The Labute approximate surface area is 226 Å². The molecule has 0 aliphatic rings. The monoisotopic (exact) mass is 570 g/mol. The Morgan fingerprint density at radius 2 is 1.26 bits per heavy atom. The molecule has 0 saturated heterocycles. The highest BCUT2D eigenvalue weighted by atomic mass is 35.5. The topological polar surface area (TPSA) is 53.5 Å². The van der Waals surface area contributed by atoms with Gasteiger partial charge in [0.15, 0.2) is 0 Å². The number of hydrogen-bond acceptors (Lipinski definition) is 7. The number of fused-ring (bicyclic) bond motifs is 2. The number of aromatic nitrogens is 2. The number of alkyl halides is 3. The van der Waals surface area contributed by atoms with E-state index < -0.39 is 6.36 Å². The van der Waals surface area contributed by atoms with Crippen LogP contribution in [-0.2, 0) is 0 Å². The largest absolute Gasteiger partial charge is 0.573 e. The second-order valence-electron chi connectivity index (χ2n) is 8.01. The van der Waals surface area contributed by atoms with Crippen LogP contribution in [0.2, 0.25) is 5.02 Å². The number of hydrogen-bond donors (Lipinski definition) is 0. The first kappa shape index (κ1) is 24.5. The van der Waals surface area contributed by atoms with Crippen LogP contribution in [0.4, 0.5) is 13.2 Å². The van der Waals surface area contributed by atoms with Crippen LogP contribution in [0, 0.1) is 0 Å². The fourth-order valence-corrected chi connectivity index (χ4v) is 5.68. The van der Waals surface area contributed by atoms with Gasteiger partial charge >= 0.3 is 6.36 Å². The summed E-state index contributed by atoms with van der Waals surface area (Å²) < 4.78 is 54.7. The first-order chi connectivity index (χ1) is 18.3. The molecule has 190 valence electrons. The maximum atomic E-state index is 12.5. The molecule has 0 saturated carbocycles. The highest BCUT2D eigenvalue weighted by Gasteiger charge is 2.31. The molecule has 0 fully saturated rings. The summed E-state index contributed by atoms with van der Waals surface area (Å²) in [6.07, 6.45) is -4.75. The van der Waals surface area contributed by atoms with E-state index in [1.54, 1.807) is 18.2 Å². The number of nitrogens with zero attached hydrogens (tertiary/aromatic N) is 2. The molecule has 2 heterocycles.